The summed E-state index contributed by atoms with van der Waals surface area (Å²) in [6.45, 7) is 2.02. The summed E-state index contributed by atoms with van der Waals surface area (Å²) in [7, 11) is 0. The molecule has 1 aliphatic rings. The third kappa shape index (κ3) is 0.786. The van der Waals surface area contributed by atoms with E-state index in [1.165, 1.54) is 6.73 Å². The largest absolute Gasteiger partial charge is 0.345 e. The van der Waals surface area contributed by atoms with E-state index in [-0.39, 0.29) is 0 Å². The first-order valence-corrected chi connectivity index (χ1v) is 2.34. The van der Waals surface area contributed by atoms with Crippen molar-refractivity contribution in [2.75, 3.05) is 6.61 Å². The first-order chi connectivity index (χ1) is 2.89. The van der Waals surface area contributed by atoms with Gasteiger partial charge in [0.05, 0.1) is 6.61 Å². The van der Waals surface area contributed by atoms with E-state index in [0.717, 1.165) is 4.62 Å². The number of hydrogen-bond donors (Lipinski definition) is 0. The third-order valence-corrected chi connectivity index (χ3v) is 0.903. The summed E-state index contributed by atoms with van der Waals surface area (Å²) in [5.74, 6) is 0. The molecule has 3 heteroatoms. The van der Waals surface area contributed by atoms with E-state index in [9.17, 15) is 0 Å². The number of rotatable bonds is 0. The van der Waals surface area contributed by atoms with Crippen molar-refractivity contribution in [3.63, 3.8) is 0 Å². The van der Waals surface area contributed by atoms with Gasteiger partial charge in [-0.25, -0.2) is 4.99 Å². The second-order valence-corrected chi connectivity index (χ2v) is 1.84. The van der Waals surface area contributed by atoms with Crippen LogP contribution in [-0.4, -0.2) is 11.2 Å². The molecular weight excluding hydrogens is 146 g/mol. The maximum Gasteiger partial charge on any atom is 0.196 e. The molecule has 0 atom stereocenters. The molecule has 0 aromatic heterocycles. The van der Waals surface area contributed by atoms with Crippen LogP contribution in [0.4, 0.5) is 0 Å². The fourth-order valence-electron chi connectivity index (χ4n) is 0.238. The number of halogens is 1. The van der Waals surface area contributed by atoms with Crippen molar-refractivity contribution in [3.8, 4) is 0 Å². The zero-order chi connectivity index (χ0) is 4.41. The number of aliphatic imine (C=N–C) groups is 1. The quantitative estimate of drug-likeness (QED) is 0.501. The van der Waals surface area contributed by atoms with Crippen molar-refractivity contribution in [1.82, 2.24) is 0 Å². The molecule has 1 heterocycles. The SMILES string of the molecule is BrC1=N[CH]OC1. The van der Waals surface area contributed by atoms with Crippen LogP contribution < -0.4 is 0 Å². The number of hydrogen-bond acceptors (Lipinski definition) is 2. The van der Waals surface area contributed by atoms with Crippen LogP contribution in [0.5, 0.6) is 0 Å². The molecule has 0 bridgehead atoms. The lowest BCUT2D eigenvalue weighted by molar-refractivity contribution is 0.267. The molecule has 0 amide bonds. The van der Waals surface area contributed by atoms with Crippen LogP contribution in [0.15, 0.2) is 4.99 Å². The predicted molar refractivity (Wildman–Crippen MR) is 26.6 cm³/mol. The molecule has 0 unspecified atom stereocenters. The van der Waals surface area contributed by atoms with Gasteiger partial charge in [-0.3, -0.25) is 0 Å². The zero-order valence-electron chi connectivity index (χ0n) is 3.02. The third-order valence-electron chi connectivity index (χ3n) is 0.470. The van der Waals surface area contributed by atoms with Gasteiger partial charge >= 0.3 is 0 Å². The van der Waals surface area contributed by atoms with E-state index in [0.29, 0.717) is 6.61 Å². The molecule has 0 aliphatic carbocycles. The Hall–Kier alpha value is 0.110. The van der Waals surface area contributed by atoms with Gasteiger partial charge in [-0.1, -0.05) is 0 Å². The van der Waals surface area contributed by atoms with Crippen LogP contribution in [-0.2, 0) is 4.74 Å². The van der Waals surface area contributed by atoms with E-state index in [4.69, 9.17) is 0 Å². The minimum Gasteiger partial charge on any atom is -0.345 e. The van der Waals surface area contributed by atoms with Crippen LogP contribution in [0.1, 0.15) is 0 Å². The van der Waals surface area contributed by atoms with Crippen LogP contribution >= 0.6 is 15.9 Å². The van der Waals surface area contributed by atoms with Crippen molar-refractivity contribution in [2.24, 2.45) is 4.99 Å². The molecule has 0 saturated heterocycles. The molecule has 0 saturated carbocycles. The Labute approximate surface area is 44.3 Å². The minimum absolute atomic E-state index is 0.597. The molecule has 0 fully saturated rings. The van der Waals surface area contributed by atoms with Gasteiger partial charge in [-0.05, 0) is 15.9 Å². The average Bonchev–Trinajstić information content (AvgIpc) is 1.86. The highest BCUT2D eigenvalue weighted by Gasteiger charge is 1.99. The van der Waals surface area contributed by atoms with Gasteiger partial charge in [0.2, 0.25) is 0 Å². The Morgan fingerprint density at radius 1 is 2.00 bits per heavy atom. The predicted octanol–water partition coefficient (Wildman–Crippen LogP) is 0.929. The van der Waals surface area contributed by atoms with Crippen molar-refractivity contribution < 1.29 is 4.74 Å². The van der Waals surface area contributed by atoms with Crippen molar-refractivity contribution in [1.29, 1.82) is 0 Å². The van der Waals surface area contributed by atoms with Crippen LogP contribution in [0.3, 0.4) is 0 Å². The van der Waals surface area contributed by atoms with Gasteiger partial charge in [0, 0.05) is 0 Å². The van der Waals surface area contributed by atoms with Crippen LogP contribution in [0.25, 0.3) is 0 Å². The van der Waals surface area contributed by atoms with Crippen LogP contribution in [0.2, 0.25) is 0 Å². The Morgan fingerprint density at radius 2 is 2.83 bits per heavy atom. The van der Waals surface area contributed by atoms with Crippen molar-refractivity contribution in [2.45, 2.75) is 0 Å². The molecule has 0 aromatic carbocycles. The van der Waals surface area contributed by atoms with Gasteiger partial charge in [0.25, 0.3) is 0 Å². The summed E-state index contributed by atoms with van der Waals surface area (Å²) >= 11 is 3.13. The highest BCUT2D eigenvalue weighted by Crippen LogP contribution is 2.01. The zero-order valence-corrected chi connectivity index (χ0v) is 4.60. The Morgan fingerprint density at radius 3 is 3.00 bits per heavy atom. The first kappa shape index (κ1) is 4.27. The number of nitrogens with zero attached hydrogens (tertiary/aromatic N) is 1. The van der Waals surface area contributed by atoms with E-state index < -0.39 is 0 Å². The molecule has 0 N–H and O–H groups in total. The lowest BCUT2D eigenvalue weighted by Crippen LogP contribution is -1.85. The Kier molecular flexibility index (Phi) is 1.22. The molecule has 0 aromatic rings. The molecule has 1 rings (SSSR count). The second-order valence-electron chi connectivity index (χ2n) is 0.922. The smallest absolute Gasteiger partial charge is 0.196 e. The van der Waals surface area contributed by atoms with E-state index in [1.54, 1.807) is 0 Å². The number of ether oxygens (including phenoxy) is 1. The Balaban J connectivity index is 2.45. The molecule has 1 aliphatic heterocycles. The molecule has 0 spiro atoms. The molecule has 2 nitrogen and oxygen atoms in total. The normalized spacial score (nSPS) is 21.2. The van der Waals surface area contributed by atoms with E-state index >= 15 is 0 Å². The summed E-state index contributed by atoms with van der Waals surface area (Å²) in [5, 5.41) is 0. The summed E-state index contributed by atoms with van der Waals surface area (Å²) in [5.41, 5.74) is 0. The molecule has 1 radical (unpaired) electrons. The lowest BCUT2D eigenvalue weighted by Gasteiger charge is -1.77. The highest BCUT2D eigenvalue weighted by atomic mass is 79.9. The second kappa shape index (κ2) is 1.71. The first-order valence-electron chi connectivity index (χ1n) is 1.55. The maximum absolute atomic E-state index is 4.68. The van der Waals surface area contributed by atoms with Gasteiger partial charge in [-0.2, -0.15) is 0 Å². The molecule has 6 heavy (non-hydrogen) atoms. The topological polar surface area (TPSA) is 21.6 Å². The van der Waals surface area contributed by atoms with E-state index in [2.05, 4.69) is 25.7 Å². The summed E-state index contributed by atoms with van der Waals surface area (Å²) in [6, 6.07) is 0. The monoisotopic (exact) mass is 148 g/mol. The van der Waals surface area contributed by atoms with Gasteiger partial charge < -0.3 is 4.74 Å². The van der Waals surface area contributed by atoms with Crippen LogP contribution in [0, 0.1) is 6.73 Å². The van der Waals surface area contributed by atoms with Gasteiger partial charge in [-0.15, -0.1) is 0 Å². The minimum atomic E-state index is 0.597. The van der Waals surface area contributed by atoms with E-state index in [1.807, 2.05) is 0 Å². The van der Waals surface area contributed by atoms with Crippen molar-refractivity contribution in [3.05, 3.63) is 6.73 Å². The average molecular weight is 149 g/mol. The highest BCUT2D eigenvalue weighted by molar-refractivity contribution is 9.18. The van der Waals surface area contributed by atoms with Gasteiger partial charge in [0.15, 0.2) is 6.73 Å². The summed E-state index contributed by atoms with van der Waals surface area (Å²) in [4.78, 5) is 3.72. The lowest BCUT2D eigenvalue weighted by atomic mass is 10.8. The standard InChI is InChI=1S/C3H3BrNO/c4-3-1-6-2-5-3/h2H,1H2. The summed E-state index contributed by atoms with van der Waals surface area (Å²) < 4.78 is 5.54. The summed E-state index contributed by atoms with van der Waals surface area (Å²) in [6.07, 6.45) is 0. The van der Waals surface area contributed by atoms with Gasteiger partial charge in [0.1, 0.15) is 4.62 Å². The Bertz CT molecular complexity index is 80.9. The van der Waals surface area contributed by atoms with Crippen molar-refractivity contribution >= 4 is 20.6 Å². The molecular formula is C3H3BrNO. The molecule has 33 valence electrons. The maximum atomic E-state index is 4.68. The fourth-order valence-corrected chi connectivity index (χ4v) is 0.454. The fraction of sp³-hybridized carbons (Fsp3) is 0.333.